The second-order valence-electron chi connectivity index (χ2n) is 6.19. The first-order valence-electron chi connectivity index (χ1n) is 8.19. The molecule has 0 saturated carbocycles. The standard InChI is InChI=1S/C17H24N6/c1-12-7-3-4-9-14(12)19-17-21-15(20-16(18)22-17)11-23-10-6-5-8-13(23)2/h3-4,7,9,13H,5-6,8,10-11H2,1-2H3,(H3,18,19,20,21,22)/t13-/m1/s1. The van der Waals surface area contributed by atoms with E-state index in [0.717, 1.165) is 30.2 Å². The molecule has 1 aliphatic rings. The summed E-state index contributed by atoms with van der Waals surface area (Å²) in [6.45, 7) is 6.11. The maximum atomic E-state index is 5.87. The van der Waals surface area contributed by atoms with E-state index in [2.05, 4.69) is 32.1 Å². The maximum absolute atomic E-state index is 5.87. The lowest BCUT2D eigenvalue weighted by Crippen LogP contribution is -2.37. The van der Waals surface area contributed by atoms with E-state index >= 15 is 0 Å². The van der Waals surface area contributed by atoms with Crippen molar-refractivity contribution in [3.63, 3.8) is 0 Å². The molecular weight excluding hydrogens is 288 g/mol. The molecule has 6 heteroatoms. The Morgan fingerprint density at radius 2 is 2.04 bits per heavy atom. The van der Waals surface area contributed by atoms with Gasteiger partial charge in [-0.1, -0.05) is 24.6 Å². The van der Waals surface area contributed by atoms with Crippen LogP contribution in [0.5, 0.6) is 0 Å². The molecule has 0 radical (unpaired) electrons. The Kier molecular flexibility index (Phi) is 4.71. The fourth-order valence-electron chi connectivity index (χ4n) is 2.97. The van der Waals surface area contributed by atoms with Crippen LogP contribution in [0, 0.1) is 6.92 Å². The van der Waals surface area contributed by atoms with Gasteiger partial charge in [0.2, 0.25) is 11.9 Å². The lowest BCUT2D eigenvalue weighted by Gasteiger charge is -2.32. The number of rotatable bonds is 4. The average Bonchev–Trinajstić information content (AvgIpc) is 2.51. The summed E-state index contributed by atoms with van der Waals surface area (Å²) in [6.07, 6.45) is 3.77. The summed E-state index contributed by atoms with van der Waals surface area (Å²) in [5.74, 6) is 1.49. The molecule has 1 aromatic carbocycles. The van der Waals surface area contributed by atoms with Crippen molar-refractivity contribution in [2.24, 2.45) is 0 Å². The number of likely N-dealkylation sites (tertiary alicyclic amines) is 1. The molecule has 1 aromatic heterocycles. The van der Waals surface area contributed by atoms with Crippen LogP contribution in [0.2, 0.25) is 0 Å². The van der Waals surface area contributed by atoms with Crippen LogP contribution in [0.4, 0.5) is 17.6 Å². The molecule has 122 valence electrons. The van der Waals surface area contributed by atoms with E-state index in [1.165, 1.54) is 19.3 Å². The molecule has 2 heterocycles. The monoisotopic (exact) mass is 312 g/mol. The van der Waals surface area contributed by atoms with Crippen LogP contribution >= 0.6 is 0 Å². The molecule has 1 saturated heterocycles. The lowest BCUT2D eigenvalue weighted by molar-refractivity contribution is 0.149. The number of nitrogen functional groups attached to an aromatic ring is 1. The number of piperidine rings is 1. The van der Waals surface area contributed by atoms with Gasteiger partial charge < -0.3 is 11.1 Å². The topological polar surface area (TPSA) is 80.0 Å². The number of nitrogens with zero attached hydrogens (tertiary/aromatic N) is 4. The highest BCUT2D eigenvalue weighted by molar-refractivity contribution is 5.58. The first-order chi connectivity index (χ1) is 11.1. The Balaban J connectivity index is 1.77. The zero-order chi connectivity index (χ0) is 16.2. The smallest absolute Gasteiger partial charge is 0.232 e. The number of hydrogen-bond donors (Lipinski definition) is 2. The molecule has 3 rings (SSSR count). The molecule has 23 heavy (non-hydrogen) atoms. The third kappa shape index (κ3) is 3.96. The molecule has 0 unspecified atom stereocenters. The molecule has 0 aliphatic carbocycles. The van der Waals surface area contributed by atoms with Crippen LogP contribution in [-0.4, -0.2) is 32.4 Å². The van der Waals surface area contributed by atoms with Crippen LogP contribution in [0.15, 0.2) is 24.3 Å². The second-order valence-corrected chi connectivity index (χ2v) is 6.19. The Bertz CT molecular complexity index is 672. The van der Waals surface area contributed by atoms with Crippen LogP contribution in [-0.2, 0) is 6.54 Å². The van der Waals surface area contributed by atoms with E-state index in [0.29, 0.717) is 12.0 Å². The van der Waals surface area contributed by atoms with Gasteiger partial charge in [-0.15, -0.1) is 0 Å². The molecule has 1 fully saturated rings. The lowest BCUT2D eigenvalue weighted by atomic mass is 10.0. The molecule has 0 bridgehead atoms. The minimum Gasteiger partial charge on any atom is -0.368 e. The zero-order valence-corrected chi connectivity index (χ0v) is 13.8. The highest BCUT2D eigenvalue weighted by atomic mass is 15.2. The molecule has 0 amide bonds. The van der Waals surface area contributed by atoms with E-state index in [9.17, 15) is 0 Å². The van der Waals surface area contributed by atoms with Gasteiger partial charge in [-0.2, -0.15) is 15.0 Å². The molecule has 0 spiro atoms. The third-order valence-corrected chi connectivity index (χ3v) is 4.38. The predicted octanol–water partition coefficient (Wildman–Crippen LogP) is 2.88. The summed E-state index contributed by atoms with van der Waals surface area (Å²) < 4.78 is 0. The van der Waals surface area contributed by atoms with Crippen LogP contribution in [0.1, 0.15) is 37.6 Å². The van der Waals surface area contributed by atoms with E-state index in [4.69, 9.17) is 5.73 Å². The Morgan fingerprint density at radius 1 is 1.22 bits per heavy atom. The zero-order valence-electron chi connectivity index (χ0n) is 13.8. The molecule has 2 aromatic rings. The average molecular weight is 312 g/mol. The maximum Gasteiger partial charge on any atom is 0.232 e. The van der Waals surface area contributed by atoms with E-state index in [-0.39, 0.29) is 5.95 Å². The van der Waals surface area contributed by atoms with Crippen molar-refractivity contribution >= 4 is 17.6 Å². The van der Waals surface area contributed by atoms with Crippen molar-refractivity contribution in [2.75, 3.05) is 17.6 Å². The van der Waals surface area contributed by atoms with E-state index in [1.54, 1.807) is 0 Å². The van der Waals surface area contributed by atoms with Gasteiger partial charge in [0.1, 0.15) is 5.82 Å². The SMILES string of the molecule is Cc1ccccc1Nc1nc(N)nc(CN2CCCC[C@H]2C)n1. The normalized spacial score (nSPS) is 18.8. The van der Waals surface area contributed by atoms with Crippen molar-refractivity contribution in [1.82, 2.24) is 19.9 Å². The highest BCUT2D eigenvalue weighted by Gasteiger charge is 2.19. The summed E-state index contributed by atoms with van der Waals surface area (Å²) in [5.41, 5.74) is 7.99. The van der Waals surface area contributed by atoms with Crippen molar-refractivity contribution in [1.29, 1.82) is 0 Å². The number of aryl methyl sites for hydroxylation is 1. The fraction of sp³-hybridized carbons (Fsp3) is 0.471. The number of aromatic nitrogens is 3. The number of nitrogens with two attached hydrogens (primary N) is 1. The van der Waals surface area contributed by atoms with Crippen molar-refractivity contribution in [3.05, 3.63) is 35.7 Å². The van der Waals surface area contributed by atoms with Gasteiger partial charge in [-0.05, 0) is 44.9 Å². The number of benzene rings is 1. The Labute approximate surface area is 137 Å². The summed E-state index contributed by atoms with van der Waals surface area (Å²) in [6, 6.07) is 8.60. The molecular formula is C17H24N6. The van der Waals surface area contributed by atoms with Gasteiger partial charge in [-0.25, -0.2) is 0 Å². The van der Waals surface area contributed by atoms with Crippen LogP contribution in [0.25, 0.3) is 0 Å². The van der Waals surface area contributed by atoms with Crippen molar-refractivity contribution in [3.8, 4) is 0 Å². The van der Waals surface area contributed by atoms with Gasteiger partial charge >= 0.3 is 0 Å². The summed E-state index contributed by atoms with van der Waals surface area (Å²) in [4.78, 5) is 15.5. The first kappa shape index (κ1) is 15.7. The minimum absolute atomic E-state index is 0.260. The molecule has 3 N–H and O–H groups in total. The number of para-hydroxylation sites is 1. The van der Waals surface area contributed by atoms with Crippen LogP contribution in [0.3, 0.4) is 0 Å². The van der Waals surface area contributed by atoms with Crippen molar-refractivity contribution < 1.29 is 0 Å². The molecule has 6 nitrogen and oxygen atoms in total. The summed E-state index contributed by atoms with van der Waals surface area (Å²) in [7, 11) is 0. The first-order valence-corrected chi connectivity index (χ1v) is 8.19. The van der Waals surface area contributed by atoms with Gasteiger partial charge in [0.05, 0.1) is 6.54 Å². The Morgan fingerprint density at radius 3 is 2.83 bits per heavy atom. The summed E-state index contributed by atoms with van der Waals surface area (Å²) >= 11 is 0. The van der Waals surface area contributed by atoms with Crippen molar-refractivity contribution in [2.45, 2.75) is 45.7 Å². The third-order valence-electron chi connectivity index (χ3n) is 4.38. The summed E-state index contributed by atoms with van der Waals surface area (Å²) in [5, 5.41) is 3.24. The van der Waals surface area contributed by atoms with Gasteiger partial charge in [0, 0.05) is 11.7 Å². The Hall–Kier alpha value is -2.21. The van der Waals surface area contributed by atoms with E-state index in [1.807, 2.05) is 31.2 Å². The number of hydrogen-bond acceptors (Lipinski definition) is 6. The molecule has 1 atom stereocenters. The van der Waals surface area contributed by atoms with E-state index < -0.39 is 0 Å². The fourth-order valence-corrected chi connectivity index (χ4v) is 2.97. The minimum atomic E-state index is 0.260. The van der Waals surface area contributed by atoms with Crippen LogP contribution < -0.4 is 11.1 Å². The quantitative estimate of drug-likeness (QED) is 0.903. The van der Waals surface area contributed by atoms with Gasteiger partial charge in [0.25, 0.3) is 0 Å². The molecule has 1 aliphatic heterocycles. The second kappa shape index (κ2) is 6.91. The highest BCUT2D eigenvalue weighted by Crippen LogP contribution is 2.20. The largest absolute Gasteiger partial charge is 0.368 e. The van der Waals surface area contributed by atoms with Gasteiger partial charge in [-0.3, -0.25) is 4.90 Å². The number of nitrogens with one attached hydrogen (secondary N) is 1. The predicted molar refractivity (Wildman–Crippen MR) is 92.4 cm³/mol. The number of anilines is 3. The van der Waals surface area contributed by atoms with Gasteiger partial charge in [0.15, 0.2) is 0 Å².